The average Bonchev–Trinajstić information content (AvgIpc) is 2.94. The van der Waals surface area contributed by atoms with Crippen LogP contribution in [0.3, 0.4) is 0 Å². The van der Waals surface area contributed by atoms with Crippen molar-refractivity contribution < 1.29 is 9.59 Å². The highest BCUT2D eigenvalue weighted by atomic mass is 16.2. The van der Waals surface area contributed by atoms with Crippen LogP contribution in [0.2, 0.25) is 0 Å². The zero-order chi connectivity index (χ0) is 17.7. The van der Waals surface area contributed by atoms with Gasteiger partial charge >= 0.3 is 6.03 Å². The van der Waals surface area contributed by atoms with Gasteiger partial charge in [-0.15, -0.1) is 0 Å². The summed E-state index contributed by atoms with van der Waals surface area (Å²) in [7, 11) is 0. The van der Waals surface area contributed by atoms with Crippen LogP contribution in [-0.2, 0) is 4.79 Å². The van der Waals surface area contributed by atoms with Gasteiger partial charge in [-0.1, -0.05) is 18.2 Å². The molecular weight excluding hydrogens is 326 g/mol. The lowest BCUT2D eigenvalue weighted by molar-refractivity contribution is -0.127. The molecule has 138 valence electrons. The van der Waals surface area contributed by atoms with Crippen LogP contribution in [-0.4, -0.2) is 42.0 Å². The van der Waals surface area contributed by atoms with Gasteiger partial charge in [-0.2, -0.15) is 0 Å². The van der Waals surface area contributed by atoms with E-state index in [-0.39, 0.29) is 24.0 Å². The minimum Gasteiger partial charge on any atom is -0.349 e. The van der Waals surface area contributed by atoms with Crippen molar-refractivity contribution in [1.29, 1.82) is 0 Å². The third-order valence-electron chi connectivity index (χ3n) is 6.94. The third-order valence-corrected chi connectivity index (χ3v) is 6.94. The molecule has 0 atom stereocenters. The number of benzene rings is 1. The Hall–Kier alpha value is -2.04. The first-order valence-corrected chi connectivity index (χ1v) is 10.0. The van der Waals surface area contributed by atoms with E-state index in [1.807, 2.05) is 30.3 Å². The van der Waals surface area contributed by atoms with E-state index in [9.17, 15) is 9.59 Å². The van der Waals surface area contributed by atoms with Gasteiger partial charge in [-0.25, -0.2) is 4.79 Å². The van der Waals surface area contributed by atoms with Crippen molar-refractivity contribution in [2.75, 3.05) is 24.5 Å². The molecule has 4 aliphatic carbocycles. The summed E-state index contributed by atoms with van der Waals surface area (Å²) in [5, 5.41) is 3.38. The summed E-state index contributed by atoms with van der Waals surface area (Å²) in [5.41, 5.74) is 0.926. The number of urea groups is 1. The van der Waals surface area contributed by atoms with E-state index in [4.69, 9.17) is 0 Å². The van der Waals surface area contributed by atoms with Crippen LogP contribution >= 0.6 is 0 Å². The molecule has 0 radical (unpaired) electrons. The molecular formula is C21H27N3O2. The molecule has 3 amide bonds. The van der Waals surface area contributed by atoms with Crippen LogP contribution in [0.15, 0.2) is 30.3 Å². The smallest absolute Gasteiger partial charge is 0.325 e. The van der Waals surface area contributed by atoms with Crippen molar-refractivity contribution in [1.82, 2.24) is 10.2 Å². The first-order chi connectivity index (χ1) is 12.6. The van der Waals surface area contributed by atoms with Crippen LogP contribution in [0, 0.1) is 17.8 Å². The number of carbonyl (C=O) groups excluding carboxylic acids is 2. The Bertz CT molecular complexity index is 682. The number of amides is 3. The fourth-order valence-corrected chi connectivity index (χ4v) is 6.35. The van der Waals surface area contributed by atoms with Crippen molar-refractivity contribution in [2.24, 2.45) is 17.8 Å². The van der Waals surface area contributed by atoms with Gasteiger partial charge in [0.05, 0.1) is 0 Å². The molecule has 0 spiro atoms. The second-order valence-corrected chi connectivity index (χ2v) is 8.94. The number of hydrogen-bond donors (Lipinski definition) is 1. The molecule has 4 bridgehead atoms. The Morgan fingerprint density at radius 3 is 2.23 bits per heavy atom. The third kappa shape index (κ3) is 2.78. The summed E-state index contributed by atoms with van der Waals surface area (Å²) in [6, 6.07) is 9.64. The Balaban J connectivity index is 1.22. The molecule has 5 fully saturated rings. The van der Waals surface area contributed by atoms with Crippen molar-refractivity contribution in [3.63, 3.8) is 0 Å². The fourth-order valence-electron chi connectivity index (χ4n) is 6.35. The normalized spacial score (nSPS) is 35.2. The average molecular weight is 353 g/mol. The van der Waals surface area contributed by atoms with Gasteiger partial charge in [0.15, 0.2) is 0 Å². The molecule has 1 aromatic carbocycles. The number of rotatable bonds is 4. The van der Waals surface area contributed by atoms with Gasteiger partial charge < -0.3 is 10.2 Å². The zero-order valence-corrected chi connectivity index (χ0v) is 15.2. The largest absolute Gasteiger partial charge is 0.349 e. The van der Waals surface area contributed by atoms with E-state index in [0.717, 1.165) is 42.7 Å². The number of hydrogen-bond acceptors (Lipinski definition) is 2. The van der Waals surface area contributed by atoms with Crippen molar-refractivity contribution in [3.8, 4) is 0 Å². The fraction of sp³-hybridized carbons (Fsp3) is 0.619. The van der Waals surface area contributed by atoms with Gasteiger partial charge in [-0.3, -0.25) is 9.69 Å². The van der Waals surface area contributed by atoms with Crippen molar-refractivity contribution >= 4 is 17.6 Å². The van der Waals surface area contributed by atoms with E-state index >= 15 is 0 Å². The van der Waals surface area contributed by atoms with Crippen LogP contribution in [0.4, 0.5) is 10.5 Å². The molecule has 5 aliphatic rings. The molecule has 1 saturated heterocycles. The molecule has 0 unspecified atom stereocenters. The van der Waals surface area contributed by atoms with Crippen molar-refractivity contribution in [3.05, 3.63) is 30.3 Å². The summed E-state index contributed by atoms with van der Waals surface area (Å²) >= 11 is 0. The van der Waals surface area contributed by atoms with Crippen LogP contribution in [0.1, 0.15) is 38.5 Å². The molecule has 0 aromatic heterocycles. The van der Waals surface area contributed by atoms with Crippen LogP contribution in [0.5, 0.6) is 0 Å². The maximum absolute atomic E-state index is 12.7. The SMILES string of the molecule is O=C(CN1CCN(c2ccccc2)C1=O)NC12CC3CC(CC(C3)C1)C2. The monoisotopic (exact) mass is 353 g/mol. The van der Waals surface area contributed by atoms with E-state index in [1.54, 1.807) is 9.80 Å². The summed E-state index contributed by atoms with van der Waals surface area (Å²) < 4.78 is 0. The highest BCUT2D eigenvalue weighted by Crippen LogP contribution is 2.55. The molecule has 6 rings (SSSR count). The minimum atomic E-state index is -0.0585. The van der Waals surface area contributed by atoms with Crippen LogP contribution in [0.25, 0.3) is 0 Å². The van der Waals surface area contributed by atoms with Crippen LogP contribution < -0.4 is 10.2 Å². The number of nitrogens with one attached hydrogen (secondary N) is 1. The highest BCUT2D eigenvalue weighted by molar-refractivity contribution is 5.96. The van der Waals surface area contributed by atoms with Gasteiger partial charge in [0, 0.05) is 24.3 Å². The quantitative estimate of drug-likeness (QED) is 0.905. The Morgan fingerprint density at radius 1 is 1.00 bits per heavy atom. The summed E-state index contributed by atoms with van der Waals surface area (Å²) in [5.74, 6) is 2.45. The zero-order valence-electron chi connectivity index (χ0n) is 15.2. The number of anilines is 1. The predicted octanol–water partition coefficient (Wildman–Crippen LogP) is 3.01. The number of para-hydroxylation sites is 1. The second kappa shape index (κ2) is 6.00. The molecule has 1 heterocycles. The second-order valence-electron chi connectivity index (χ2n) is 8.94. The highest BCUT2D eigenvalue weighted by Gasteiger charge is 2.51. The lowest BCUT2D eigenvalue weighted by Crippen LogP contribution is -2.61. The molecule has 4 saturated carbocycles. The maximum atomic E-state index is 12.7. The minimum absolute atomic E-state index is 0.0216. The van der Waals surface area contributed by atoms with E-state index in [1.165, 1.54) is 19.3 Å². The predicted molar refractivity (Wildman–Crippen MR) is 99.8 cm³/mol. The van der Waals surface area contributed by atoms with E-state index < -0.39 is 0 Å². The molecule has 5 nitrogen and oxygen atoms in total. The Kier molecular flexibility index (Phi) is 3.73. The molecule has 5 heteroatoms. The van der Waals surface area contributed by atoms with Gasteiger partial charge in [0.25, 0.3) is 0 Å². The first-order valence-electron chi connectivity index (χ1n) is 10.0. The molecule has 26 heavy (non-hydrogen) atoms. The maximum Gasteiger partial charge on any atom is 0.325 e. The number of carbonyl (C=O) groups is 2. The van der Waals surface area contributed by atoms with E-state index in [2.05, 4.69) is 5.32 Å². The summed E-state index contributed by atoms with van der Waals surface area (Å²) in [6.07, 6.45) is 7.54. The summed E-state index contributed by atoms with van der Waals surface area (Å²) in [4.78, 5) is 28.9. The van der Waals surface area contributed by atoms with Gasteiger partial charge in [-0.05, 0) is 68.4 Å². The number of nitrogens with zero attached hydrogens (tertiary/aromatic N) is 2. The van der Waals surface area contributed by atoms with Gasteiger partial charge in [0.1, 0.15) is 6.54 Å². The summed E-state index contributed by atoms with van der Waals surface area (Å²) in [6.45, 7) is 1.44. The lowest BCUT2D eigenvalue weighted by atomic mass is 9.53. The molecule has 1 aromatic rings. The Morgan fingerprint density at radius 2 is 1.62 bits per heavy atom. The first kappa shape index (κ1) is 16.2. The standard InChI is InChI=1S/C21H27N3O2/c25-19(22-21-11-15-8-16(12-21)10-17(9-15)13-21)14-23-6-7-24(20(23)26)18-4-2-1-3-5-18/h1-5,15-17H,6-14H2,(H,22,25). The van der Waals surface area contributed by atoms with Gasteiger partial charge in [0.2, 0.25) is 5.91 Å². The molecule has 1 aliphatic heterocycles. The topological polar surface area (TPSA) is 52.7 Å². The Labute approximate surface area is 154 Å². The molecule has 1 N–H and O–H groups in total. The lowest BCUT2D eigenvalue weighted by Gasteiger charge is -2.57. The van der Waals surface area contributed by atoms with E-state index in [0.29, 0.717) is 13.1 Å². The van der Waals surface area contributed by atoms with Crippen molar-refractivity contribution in [2.45, 2.75) is 44.1 Å².